The van der Waals surface area contributed by atoms with Crippen molar-refractivity contribution in [3.63, 3.8) is 0 Å². The van der Waals surface area contributed by atoms with Crippen LogP contribution in [0.2, 0.25) is 5.02 Å². The van der Waals surface area contributed by atoms with Crippen LogP contribution in [-0.2, 0) is 11.3 Å². The number of halogens is 1. The lowest BCUT2D eigenvalue weighted by molar-refractivity contribution is 0.155. The molecule has 8 heteroatoms. The van der Waals surface area contributed by atoms with E-state index in [2.05, 4.69) is 15.4 Å². The average molecular weight is 395 g/mol. The standard InChI is InChI=1S/C20H15ClN4O3/c21-16-8-4-10-22-19(16)25-12-15(17-9-5-11-27-17)18(24-25)23-20(26)28-13-14-6-2-1-3-7-14/h1-12H,13H2,(H,23,24,26). The fourth-order valence-corrected chi connectivity index (χ4v) is 2.80. The molecule has 0 unspecified atom stereocenters. The van der Waals surface area contributed by atoms with Crippen LogP contribution >= 0.6 is 11.6 Å². The Morgan fingerprint density at radius 1 is 1.14 bits per heavy atom. The molecule has 28 heavy (non-hydrogen) atoms. The van der Waals surface area contributed by atoms with Crippen molar-refractivity contribution < 1.29 is 13.9 Å². The molecule has 1 N–H and O–H groups in total. The maximum Gasteiger partial charge on any atom is 0.413 e. The summed E-state index contributed by atoms with van der Waals surface area (Å²) >= 11 is 6.21. The predicted octanol–water partition coefficient (Wildman–Crippen LogP) is 4.93. The van der Waals surface area contributed by atoms with Crippen LogP contribution in [0.25, 0.3) is 17.1 Å². The smallest absolute Gasteiger partial charge is 0.413 e. The van der Waals surface area contributed by atoms with E-state index in [4.69, 9.17) is 20.8 Å². The molecule has 7 nitrogen and oxygen atoms in total. The summed E-state index contributed by atoms with van der Waals surface area (Å²) in [5, 5.41) is 7.47. The lowest BCUT2D eigenvalue weighted by atomic mass is 10.2. The van der Waals surface area contributed by atoms with Gasteiger partial charge in [-0.15, -0.1) is 5.10 Å². The second kappa shape index (κ2) is 7.98. The first-order valence-corrected chi connectivity index (χ1v) is 8.80. The first-order chi connectivity index (χ1) is 13.7. The molecular weight excluding hydrogens is 380 g/mol. The number of rotatable bonds is 5. The number of pyridine rings is 1. The number of amides is 1. The maximum atomic E-state index is 12.3. The quantitative estimate of drug-likeness (QED) is 0.519. The van der Waals surface area contributed by atoms with Crippen molar-refractivity contribution in [1.29, 1.82) is 0 Å². The second-order valence-corrected chi connectivity index (χ2v) is 6.22. The minimum absolute atomic E-state index is 0.148. The van der Waals surface area contributed by atoms with Crippen molar-refractivity contribution in [2.24, 2.45) is 0 Å². The van der Waals surface area contributed by atoms with Gasteiger partial charge < -0.3 is 9.15 Å². The Hall–Kier alpha value is -3.58. The van der Waals surface area contributed by atoms with E-state index < -0.39 is 6.09 Å². The fourth-order valence-electron chi connectivity index (χ4n) is 2.59. The average Bonchev–Trinajstić information content (AvgIpc) is 3.37. The zero-order chi connectivity index (χ0) is 19.3. The number of carbonyl (C=O) groups is 1. The first-order valence-electron chi connectivity index (χ1n) is 8.43. The molecule has 1 aromatic carbocycles. The van der Waals surface area contributed by atoms with Crippen molar-refractivity contribution >= 4 is 23.5 Å². The van der Waals surface area contributed by atoms with Crippen LogP contribution in [0.1, 0.15) is 5.56 Å². The monoisotopic (exact) mass is 394 g/mol. The van der Waals surface area contributed by atoms with Gasteiger partial charge in [0.05, 0.1) is 16.8 Å². The van der Waals surface area contributed by atoms with Gasteiger partial charge in [0.2, 0.25) is 0 Å². The van der Waals surface area contributed by atoms with Gasteiger partial charge >= 0.3 is 6.09 Å². The molecule has 0 aliphatic rings. The number of hydrogen-bond donors (Lipinski definition) is 1. The van der Waals surface area contributed by atoms with Crippen molar-refractivity contribution in [3.8, 4) is 17.1 Å². The molecule has 0 saturated carbocycles. The molecule has 4 aromatic rings. The van der Waals surface area contributed by atoms with Gasteiger partial charge in [0.25, 0.3) is 0 Å². The summed E-state index contributed by atoms with van der Waals surface area (Å²) in [4.78, 5) is 16.5. The third kappa shape index (κ3) is 3.89. The van der Waals surface area contributed by atoms with E-state index >= 15 is 0 Å². The summed E-state index contributed by atoms with van der Waals surface area (Å²) in [5.74, 6) is 1.24. The van der Waals surface area contributed by atoms with Crippen LogP contribution in [-0.4, -0.2) is 20.9 Å². The molecule has 0 radical (unpaired) electrons. The number of hydrogen-bond acceptors (Lipinski definition) is 5. The lowest BCUT2D eigenvalue weighted by Crippen LogP contribution is -2.14. The van der Waals surface area contributed by atoms with Gasteiger partial charge in [0.15, 0.2) is 11.6 Å². The first kappa shape index (κ1) is 17.8. The summed E-state index contributed by atoms with van der Waals surface area (Å²) in [7, 11) is 0. The summed E-state index contributed by atoms with van der Waals surface area (Å²) in [6, 6.07) is 16.4. The minimum Gasteiger partial charge on any atom is -0.464 e. The number of aromatic nitrogens is 3. The normalized spacial score (nSPS) is 10.6. The summed E-state index contributed by atoms with van der Waals surface area (Å²) < 4.78 is 12.2. The van der Waals surface area contributed by atoms with E-state index in [9.17, 15) is 4.79 Å². The Kier molecular flexibility index (Phi) is 5.07. The van der Waals surface area contributed by atoms with Crippen LogP contribution in [0, 0.1) is 0 Å². The highest BCUT2D eigenvalue weighted by Gasteiger charge is 2.18. The maximum absolute atomic E-state index is 12.3. The van der Waals surface area contributed by atoms with Gasteiger partial charge in [-0.3, -0.25) is 5.32 Å². The number of ether oxygens (including phenoxy) is 1. The number of nitrogens with zero attached hydrogens (tertiary/aromatic N) is 3. The van der Waals surface area contributed by atoms with Gasteiger partial charge in [0, 0.05) is 12.4 Å². The Balaban J connectivity index is 1.58. The van der Waals surface area contributed by atoms with Gasteiger partial charge in [-0.25, -0.2) is 14.5 Å². The molecule has 0 aliphatic heterocycles. The Morgan fingerprint density at radius 3 is 2.75 bits per heavy atom. The van der Waals surface area contributed by atoms with Crippen molar-refractivity contribution in [2.45, 2.75) is 6.61 Å². The molecule has 140 valence electrons. The van der Waals surface area contributed by atoms with Crippen molar-refractivity contribution in [1.82, 2.24) is 14.8 Å². The Labute approximate surface area is 165 Å². The van der Waals surface area contributed by atoms with Gasteiger partial charge in [-0.05, 0) is 29.8 Å². The highest BCUT2D eigenvalue weighted by atomic mass is 35.5. The summed E-state index contributed by atoms with van der Waals surface area (Å²) in [6.07, 6.45) is 4.20. The number of carbonyl (C=O) groups excluding carboxylic acids is 1. The molecule has 0 saturated heterocycles. The molecule has 0 spiro atoms. The third-order valence-corrected chi connectivity index (χ3v) is 4.19. The van der Waals surface area contributed by atoms with Gasteiger partial charge in [-0.2, -0.15) is 0 Å². The molecule has 0 fully saturated rings. The van der Waals surface area contributed by atoms with Crippen LogP contribution in [0.15, 0.2) is 77.7 Å². The topological polar surface area (TPSA) is 82.2 Å². The zero-order valence-electron chi connectivity index (χ0n) is 14.6. The zero-order valence-corrected chi connectivity index (χ0v) is 15.3. The van der Waals surface area contributed by atoms with E-state index in [1.165, 1.54) is 10.9 Å². The van der Waals surface area contributed by atoms with E-state index in [-0.39, 0.29) is 12.4 Å². The summed E-state index contributed by atoms with van der Waals surface area (Å²) in [5.41, 5.74) is 1.46. The number of benzene rings is 1. The fraction of sp³-hybridized carbons (Fsp3) is 0.0500. The Morgan fingerprint density at radius 2 is 2.00 bits per heavy atom. The van der Waals surface area contributed by atoms with Gasteiger partial charge in [-0.1, -0.05) is 41.9 Å². The van der Waals surface area contributed by atoms with Crippen LogP contribution in [0.5, 0.6) is 0 Å². The molecular formula is C20H15ClN4O3. The lowest BCUT2D eigenvalue weighted by Gasteiger charge is -2.06. The van der Waals surface area contributed by atoms with Crippen LogP contribution in [0.3, 0.4) is 0 Å². The SMILES string of the molecule is O=C(Nc1nn(-c2ncccc2Cl)cc1-c1ccco1)OCc1ccccc1. The molecule has 0 bridgehead atoms. The molecule has 3 heterocycles. The summed E-state index contributed by atoms with van der Waals surface area (Å²) in [6.45, 7) is 0.148. The van der Waals surface area contributed by atoms with Crippen LogP contribution in [0.4, 0.5) is 10.6 Å². The van der Waals surface area contributed by atoms with E-state index in [0.717, 1.165) is 5.56 Å². The number of anilines is 1. The molecule has 3 aromatic heterocycles. The van der Waals surface area contributed by atoms with Crippen molar-refractivity contribution in [3.05, 3.63) is 83.8 Å². The van der Waals surface area contributed by atoms with Gasteiger partial charge in [0.1, 0.15) is 12.4 Å². The molecule has 1 amide bonds. The minimum atomic E-state index is -0.631. The molecule has 0 atom stereocenters. The van der Waals surface area contributed by atoms with E-state index in [1.807, 2.05) is 30.3 Å². The highest BCUT2D eigenvalue weighted by Crippen LogP contribution is 2.29. The third-order valence-electron chi connectivity index (χ3n) is 3.89. The van der Waals surface area contributed by atoms with E-state index in [1.54, 1.807) is 36.7 Å². The Bertz CT molecular complexity index is 1080. The molecule has 4 rings (SSSR count). The number of furan rings is 1. The van der Waals surface area contributed by atoms with Crippen molar-refractivity contribution in [2.75, 3.05) is 5.32 Å². The number of nitrogens with one attached hydrogen (secondary N) is 1. The van der Waals surface area contributed by atoms with E-state index in [0.29, 0.717) is 22.2 Å². The molecule has 0 aliphatic carbocycles. The predicted molar refractivity (Wildman–Crippen MR) is 104 cm³/mol. The largest absolute Gasteiger partial charge is 0.464 e. The van der Waals surface area contributed by atoms with Crippen LogP contribution < -0.4 is 5.32 Å². The highest BCUT2D eigenvalue weighted by molar-refractivity contribution is 6.32. The second-order valence-electron chi connectivity index (χ2n) is 5.81.